The summed E-state index contributed by atoms with van der Waals surface area (Å²) in [6, 6.07) is 0. The summed E-state index contributed by atoms with van der Waals surface area (Å²) in [6.07, 6.45) is 0.934. The highest BCUT2D eigenvalue weighted by Crippen LogP contribution is 2.23. The van der Waals surface area contributed by atoms with Crippen molar-refractivity contribution in [2.45, 2.75) is 46.5 Å². The molecule has 1 rings (SSSR count). The third kappa shape index (κ3) is 5.90. The highest BCUT2D eigenvalue weighted by molar-refractivity contribution is 7.09. The quantitative estimate of drug-likeness (QED) is 0.649. The van der Waals surface area contributed by atoms with Gasteiger partial charge in [-0.05, 0) is 5.92 Å². The van der Waals surface area contributed by atoms with Gasteiger partial charge < -0.3 is 10.6 Å². The van der Waals surface area contributed by atoms with Gasteiger partial charge in [-0.3, -0.25) is 4.99 Å². The minimum absolute atomic E-state index is 0.136. The minimum Gasteiger partial charge on any atom is -0.356 e. The molecule has 0 aromatic carbocycles. The molecule has 0 fully saturated rings. The van der Waals surface area contributed by atoms with Crippen LogP contribution in [0.5, 0.6) is 0 Å². The van der Waals surface area contributed by atoms with Crippen LogP contribution in [0.15, 0.2) is 10.4 Å². The topological polar surface area (TPSA) is 49.3 Å². The van der Waals surface area contributed by atoms with E-state index in [1.807, 2.05) is 0 Å². The van der Waals surface area contributed by atoms with Crippen LogP contribution < -0.4 is 10.6 Å². The third-order valence-corrected chi connectivity index (χ3v) is 3.76. The lowest BCUT2D eigenvalue weighted by atomic mass is 9.93. The molecule has 4 nitrogen and oxygen atoms in total. The van der Waals surface area contributed by atoms with E-state index in [4.69, 9.17) is 4.98 Å². The molecule has 2 N–H and O–H groups in total. The SMILES string of the molecule is CN=C(NCCc1nc(C(C)(C)C)cs1)NCC(C)C. The van der Waals surface area contributed by atoms with Crippen molar-refractivity contribution in [2.24, 2.45) is 10.9 Å². The van der Waals surface area contributed by atoms with Gasteiger partial charge in [-0.25, -0.2) is 4.98 Å². The number of thiazole rings is 1. The van der Waals surface area contributed by atoms with E-state index in [2.05, 4.69) is 55.6 Å². The van der Waals surface area contributed by atoms with Crippen molar-refractivity contribution in [1.29, 1.82) is 0 Å². The first-order valence-corrected chi connectivity index (χ1v) is 8.10. The first-order chi connectivity index (χ1) is 9.32. The van der Waals surface area contributed by atoms with Gasteiger partial charge in [-0.15, -0.1) is 11.3 Å². The zero-order chi connectivity index (χ0) is 15.2. The minimum atomic E-state index is 0.136. The Hall–Kier alpha value is -1.10. The van der Waals surface area contributed by atoms with Gasteiger partial charge in [0.05, 0.1) is 10.7 Å². The maximum absolute atomic E-state index is 4.70. The molecule has 0 bridgehead atoms. The highest BCUT2D eigenvalue weighted by atomic mass is 32.1. The largest absolute Gasteiger partial charge is 0.356 e. The van der Waals surface area contributed by atoms with Crippen LogP contribution in [0.4, 0.5) is 0 Å². The summed E-state index contributed by atoms with van der Waals surface area (Å²) < 4.78 is 0. The van der Waals surface area contributed by atoms with E-state index < -0.39 is 0 Å². The fourth-order valence-electron chi connectivity index (χ4n) is 1.58. The summed E-state index contributed by atoms with van der Waals surface area (Å²) in [6.45, 7) is 12.7. The number of aliphatic imine (C=N–C) groups is 1. The van der Waals surface area contributed by atoms with E-state index in [1.54, 1.807) is 18.4 Å². The maximum Gasteiger partial charge on any atom is 0.190 e. The first-order valence-electron chi connectivity index (χ1n) is 7.22. The Labute approximate surface area is 127 Å². The molecule has 0 radical (unpaired) electrons. The van der Waals surface area contributed by atoms with Crippen molar-refractivity contribution >= 4 is 17.3 Å². The summed E-state index contributed by atoms with van der Waals surface area (Å²) in [5, 5.41) is 9.98. The average Bonchev–Trinajstić information content (AvgIpc) is 2.81. The molecule has 0 aliphatic rings. The Morgan fingerprint density at radius 3 is 2.55 bits per heavy atom. The molecule has 1 aromatic rings. The van der Waals surface area contributed by atoms with E-state index >= 15 is 0 Å². The molecule has 0 saturated heterocycles. The monoisotopic (exact) mass is 296 g/mol. The Bertz CT molecular complexity index is 429. The molecule has 0 spiro atoms. The van der Waals surface area contributed by atoms with Gasteiger partial charge in [0.25, 0.3) is 0 Å². The van der Waals surface area contributed by atoms with Gasteiger partial charge in [0.2, 0.25) is 0 Å². The molecule has 20 heavy (non-hydrogen) atoms. The Balaban J connectivity index is 2.38. The van der Waals surface area contributed by atoms with E-state index in [1.165, 1.54) is 10.7 Å². The standard InChI is InChI=1S/C15H28N4S/c1-11(2)9-18-14(16-6)17-8-7-13-19-12(10-20-13)15(3,4)5/h10-11H,7-9H2,1-6H3,(H2,16,17,18). The van der Waals surface area contributed by atoms with Crippen LogP contribution in [-0.4, -0.2) is 31.1 Å². The van der Waals surface area contributed by atoms with Gasteiger partial charge in [-0.1, -0.05) is 34.6 Å². The predicted octanol–water partition coefficient (Wildman–Crippen LogP) is 2.80. The molecular weight excluding hydrogens is 268 g/mol. The van der Waals surface area contributed by atoms with Crippen molar-refractivity contribution < 1.29 is 0 Å². The summed E-state index contributed by atoms with van der Waals surface area (Å²) in [4.78, 5) is 8.91. The Morgan fingerprint density at radius 1 is 1.35 bits per heavy atom. The van der Waals surface area contributed by atoms with Crippen LogP contribution in [0.2, 0.25) is 0 Å². The first kappa shape index (κ1) is 17.0. The fourth-order valence-corrected chi connectivity index (χ4v) is 2.60. The molecule has 0 unspecified atom stereocenters. The third-order valence-electron chi connectivity index (χ3n) is 2.85. The number of aromatic nitrogens is 1. The number of guanidine groups is 1. The number of nitrogens with zero attached hydrogens (tertiary/aromatic N) is 2. The van der Waals surface area contributed by atoms with Crippen molar-refractivity contribution in [3.05, 3.63) is 16.1 Å². The number of nitrogens with one attached hydrogen (secondary N) is 2. The smallest absolute Gasteiger partial charge is 0.190 e. The van der Waals surface area contributed by atoms with Crippen molar-refractivity contribution in [3.63, 3.8) is 0 Å². The molecule has 0 atom stereocenters. The van der Waals surface area contributed by atoms with E-state index in [0.717, 1.165) is 25.5 Å². The molecule has 0 amide bonds. The molecule has 1 aromatic heterocycles. The van der Waals surface area contributed by atoms with E-state index in [-0.39, 0.29) is 5.41 Å². The lowest BCUT2D eigenvalue weighted by molar-refractivity contribution is 0.570. The second-order valence-electron chi connectivity index (χ2n) is 6.40. The van der Waals surface area contributed by atoms with Gasteiger partial charge in [0, 0.05) is 37.4 Å². The van der Waals surface area contributed by atoms with Gasteiger partial charge >= 0.3 is 0 Å². The van der Waals surface area contributed by atoms with Crippen molar-refractivity contribution in [1.82, 2.24) is 15.6 Å². The lowest BCUT2D eigenvalue weighted by Crippen LogP contribution is -2.39. The van der Waals surface area contributed by atoms with E-state index in [9.17, 15) is 0 Å². The normalized spacial score (nSPS) is 12.8. The Kier molecular flexibility index (Phi) is 6.46. The van der Waals surface area contributed by atoms with Crippen LogP contribution in [0, 0.1) is 5.92 Å². The molecule has 0 saturated carbocycles. The number of hydrogen-bond donors (Lipinski definition) is 2. The second kappa shape index (κ2) is 7.62. The average molecular weight is 296 g/mol. The predicted molar refractivity (Wildman–Crippen MR) is 88.7 cm³/mol. The molecular formula is C15H28N4S. The molecule has 114 valence electrons. The van der Waals surface area contributed by atoms with E-state index in [0.29, 0.717) is 5.92 Å². The highest BCUT2D eigenvalue weighted by Gasteiger charge is 2.17. The number of hydrogen-bond acceptors (Lipinski definition) is 3. The van der Waals surface area contributed by atoms with Crippen LogP contribution >= 0.6 is 11.3 Å². The zero-order valence-electron chi connectivity index (χ0n) is 13.6. The molecule has 0 aliphatic carbocycles. The molecule has 5 heteroatoms. The lowest BCUT2D eigenvalue weighted by Gasteiger charge is -2.14. The molecule has 1 heterocycles. The van der Waals surface area contributed by atoms with Crippen molar-refractivity contribution in [3.8, 4) is 0 Å². The van der Waals surface area contributed by atoms with Crippen LogP contribution in [0.3, 0.4) is 0 Å². The summed E-state index contributed by atoms with van der Waals surface area (Å²) in [5.41, 5.74) is 1.32. The maximum atomic E-state index is 4.70. The van der Waals surface area contributed by atoms with Crippen LogP contribution in [0.25, 0.3) is 0 Å². The fraction of sp³-hybridized carbons (Fsp3) is 0.733. The van der Waals surface area contributed by atoms with Crippen molar-refractivity contribution in [2.75, 3.05) is 20.1 Å². The van der Waals surface area contributed by atoms with Gasteiger partial charge in [0.15, 0.2) is 5.96 Å². The van der Waals surface area contributed by atoms with Crippen LogP contribution in [0.1, 0.15) is 45.3 Å². The molecule has 0 aliphatic heterocycles. The van der Waals surface area contributed by atoms with Gasteiger partial charge in [0.1, 0.15) is 0 Å². The summed E-state index contributed by atoms with van der Waals surface area (Å²) in [5.74, 6) is 1.48. The summed E-state index contributed by atoms with van der Waals surface area (Å²) in [7, 11) is 1.80. The Morgan fingerprint density at radius 2 is 2.05 bits per heavy atom. The second-order valence-corrected chi connectivity index (χ2v) is 7.34. The van der Waals surface area contributed by atoms with Gasteiger partial charge in [-0.2, -0.15) is 0 Å². The van der Waals surface area contributed by atoms with Crippen LogP contribution in [-0.2, 0) is 11.8 Å². The zero-order valence-corrected chi connectivity index (χ0v) is 14.4. The summed E-state index contributed by atoms with van der Waals surface area (Å²) >= 11 is 1.74. The number of rotatable bonds is 5.